The number of nitrogens with one attached hydrogen (secondary N) is 1. The van der Waals surface area contributed by atoms with Crippen LogP contribution in [0.15, 0.2) is 29.7 Å². The molecule has 120 valence electrons. The molecule has 1 aliphatic rings. The molecule has 23 heavy (non-hydrogen) atoms. The highest BCUT2D eigenvalue weighted by molar-refractivity contribution is 7.09. The highest BCUT2D eigenvalue weighted by Crippen LogP contribution is 2.28. The van der Waals surface area contributed by atoms with E-state index >= 15 is 0 Å². The van der Waals surface area contributed by atoms with Gasteiger partial charge in [-0.05, 0) is 50.2 Å². The van der Waals surface area contributed by atoms with Crippen LogP contribution in [0.25, 0.3) is 6.08 Å². The van der Waals surface area contributed by atoms with Crippen LogP contribution in [-0.2, 0) is 0 Å². The fourth-order valence-electron chi connectivity index (χ4n) is 2.61. The minimum absolute atomic E-state index is 0.447. The molecule has 1 aliphatic heterocycles. The van der Waals surface area contributed by atoms with Gasteiger partial charge in [-0.1, -0.05) is 6.07 Å². The van der Waals surface area contributed by atoms with Gasteiger partial charge in [-0.2, -0.15) is 0 Å². The lowest BCUT2D eigenvalue weighted by atomic mass is 9.99. The van der Waals surface area contributed by atoms with E-state index in [-0.39, 0.29) is 0 Å². The number of piperidine rings is 1. The fraction of sp³-hybridized carbons (Fsp3) is 0.294. The number of benzene rings is 1. The van der Waals surface area contributed by atoms with E-state index < -0.39 is 23.0 Å². The Morgan fingerprint density at radius 3 is 2.65 bits per heavy atom. The quantitative estimate of drug-likeness (QED) is 0.683. The summed E-state index contributed by atoms with van der Waals surface area (Å²) in [6.07, 6.45) is 4.78. The Morgan fingerprint density at radius 1 is 1.26 bits per heavy atom. The smallest absolute Gasteiger partial charge is 0.191 e. The van der Waals surface area contributed by atoms with Crippen LogP contribution in [0.2, 0.25) is 0 Å². The van der Waals surface area contributed by atoms with E-state index in [2.05, 4.69) is 10.3 Å². The predicted molar refractivity (Wildman–Crippen MR) is 86.7 cm³/mol. The molecule has 3 rings (SSSR count). The SMILES string of the molecule is O=C(/C=C/c1csc(C2CCNCC2)n1)c1c(F)cccc1F. The Hall–Kier alpha value is -1.92. The average Bonchev–Trinajstić information content (AvgIpc) is 3.02. The van der Waals surface area contributed by atoms with Crippen molar-refractivity contribution in [1.82, 2.24) is 10.3 Å². The lowest BCUT2D eigenvalue weighted by Crippen LogP contribution is -2.26. The summed E-state index contributed by atoms with van der Waals surface area (Å²) in [7, 11) is 0. The van der Waals surface area contributed by atoms with Gasteiger partial charge in [-0.15, -0.1) is 11.3 Å². The molecule has 3 nitrogen and oxygen atoms in total. The van der Waals surface area contributed by atoms with Crippen LogP contribution in [-0.4, -0.2) is 23.9 Å². The van der Waals surface area contributed by atoms with Crippen molar-refractivity contribution in [1.29, 1.82) is 0 Å². The Kier molecular flexibility index (Phi) is 4.93. The molecule has 0 aliphatic carbocycles. The van der Waals surface area contributed by atoms with Gasteiger partial charge in [-0.3, -0.25) is 4.79 Å². The molecule has 0 spiro atoms. The molecule has 6 heteroatoms. The third-order valence-corrected chi connectivity index (χ3v) is 4.87. The lowest BCUT2D eigenvalue weighted by Gasteiger charge is -2.20. The number of hydrogen-bond acceptors (Lipinski definition) is 4. The molecule has 1 fully saturated rings. The summed E-state index contributed by atoms with van der Waals surface area (Å²) >= 11 is 1.56. The van der Waals surface area contributed by atoms with Crippen molar-refractivity contribution in [3.8, 4) is 0 Å². The summed E-state index contributed by atoms with van der Waals surface area (Å²) in [4.78, 5) is 16.5. The van der Waals surface area contributed by atoms with Crippen LogP contribution in [0.1, 0.15) is 39.8 Å². The van der Waals surface area contributed by atoms with Crippen LogP contribution >= 0.6 is 11.3 Å². The highest BCUT2D eigenvalue weighted by Gasteiger charge is 2.18. The van der Waals surface area contributed by atoms with E-state index in [1.165, 1.54) is 18.2 Å². The number of carbonyl (C=O) groups is 1. The minimum atomic E-state index is -0.853. The van der Waals surface area contributed by atoms with Gasteiger partial charge in [-0.25, -0.2) is 13.8 Å². The molecule has 2 heterocycles. The van der Waals surface area contributed by atoms with Crippen LogP contribution in [0.3, 0.4) is 0 Å². The fourth-order valence-corrected chi connectivity index (χ4v) is 3.57. The topological polar surface area (TPSA) is 42.0 Å². The molecular weight excluding hydrogens is 318 g/mol. The average molecular weight is 334 g/mol. The Morgan fingerprint density at radius 2 is 1.96 bits per heavy atom. The zero-order chi connectivity index (χ0) is 16.2. The third-order valence-electron chi connectivity index (χ3n) is 3.84. The van der Waals surface area contributed by atoms with Crippen LogP contribution in [0.5, 0.6) is 0 Å². The van der Waals surface area contributed by atoms with Crippen molar-refractivity contribution >= 4 is 23.2 Å². The first kappa shape index (κ1) is 16.0. The van der Waals surface area contributed by atoms with Crippen molar-refractivity contribution in [2.24, 2.45) is 0 Å². The minimum Gasteiger partial charge on any atom is -0.317 e. The summed E-state index contributed by atoms with van der Waals surface area (Å²) < 4.78 is 27.1. The van der Waals surface area contributed by atoms with Crippen LogP contribution in [0, 0.1) is 11.6 Å². The Balaban J connectivity index is 1.73. The molecule has 0 saturated carbocycles. The van der Waals surface area contributed by atoms with Crippen molar-refractivity contribution in [3.63, 3.8) is 0 Å². The van der Waals surface area contributed by atoms with Crippen molar-refractivity contribution in [2.45, 2.75) is 18.8 Å². The van der Waals surface area contributed by atoms with Gasteiger partial charge in [0, 0.05) is 11.3 Å². The molecule has 1 aromatic heterocycles. The van der Waals surface area contributed by atoms with E-state index in [9.17, 15) is 13.6 Å². The van der Waals surface area contributed by atoms with Crippen molar-refractivity contribution in [3.05, 3.63) is 57.6 Å². The summed E-state index contributed by atoms with van der Waals surface area (Å²) in [5, 5.41) is 6.22. The molecule has 0 unspecified atom stereocenters. The van der Waals surface area contributed by atoms with Gasteiger partial charge >= 0.3 is 0 Å². The van der Waals surface area contributed by atoms with E-state index in [1.54, 1.807) is 11.3 Å². The number of hydrogen-bond donors (Lipinski definition) is 1. The molecule has 0 bridgehead atoms. The maximum absolute atomic E-state index is 13.6. The van der Waals surface area contributed by atoms with Gasteiger partial charge in [0.25, 0.3) is 0 Å². The molecule has 2 aromatic rings. The largest absolute Gasteiger partial charge is 0.317 e. The summed E-state index contributed by atoms with van der Waals surface area (Å²) in [6, 6.07) is 3.38. The number of thiazole rings is 1. The number of ketones is 1. The van der Waals surface area contributed by atoms with Crippen molar-refractivity contribution < 1.29 is 13.6 Å². The van der Waals surface area contributed by atoms with Gasteiger partial charge < -0.3 is 5.32 Å². The van der Waals surface area contributed by atoms with Crippen LogP contribution < -0.4 is 5.32 Å². The second-order valence-electron chi connectivity index (χ2n) is 5.43. The molecule has 1 aromatic carbocycles. The van der Waals surface area contributed by atoms with Gasteiger partial charge in [0.15, 0.2) is 5.78 Å². The maximum Gasteiger partial charge on any atom is 0.191 e. The summed E-state index contributed by atoms with van der Waals surface area (Å²) in [5.41, 5.74) is 0.117. The number of aromatic nitrogens is 1. The Labute approximate surface area is 137 Å². The van der Waals surface area contributed by atoms with Gasteiger partial charge in [0.1, 0.15) is 11.6 Å². The predicted octanol–water partition coefficient (Wildman–Crippen LogP) is 3.78. The number of nitrogens with zero attached hydrogens (tertiary/aromatic N) is 1. The first-order valence-corrected chi connectivity index (χ1v) is 8.35. The monoisotopic (exact) mass is 334 g/mol. The number of rotatable bonds is 4. The van der Waals surface area contributed by atoms with Gasteiger partial charge in [0.2, 0.25) is 0 Å². The third kappa shape index (κ3) is 3.71. The van der Waals surface area contributed by atoms with Crippen LogP contribution in [0.4, 0.5) is 8.78 Å². The molecule has 1 saturated heterocycles. The zero-order valence-corrected chi connectivity index (χ0v) is 13.2. The van der Waals surface area contributed by atoms with Crippen molar-refractivity contribution in [2.75, 3.05) is 13.1 Å². The summed E-state index contributed by atoms with van der Waals surface area (Å²) in [5.74, 6) is -1.96. The first-order valence-electron chi connectivity index (χ1n) is 7.47. The molecular formula is C17H16F2N2OS. The van der Waals surface area contributed by atoms with Gasteiger partial charge in [0.05, 0.1) is 16.3 Å². The number of halogens is 2. The van der Waals surface area contributed by atoms with E-state index in [0.717, 1.165) is 43.1 Å². The second kappa shape index (κ2) is 7.10. The van der Waals surface area contributed by atoms with E-state index in [4.69, 9.17) is 0 Å². The summed E-state index contributed by atoms with van der Waals surface area (Å²) in [6.45, 7) is 1.97. The second-order valence-corrected chi connectivity index (χ2v) is 6.32. The molecule has 0 radical (unpaired) electrons. The molecule has 0 atom stereocenters. The van der Waals surface area contributed by atoms with E-state index in [0.29, 0.717) is 11.6 Å². The standard InChI is InChI=1S/C17H16F2N2OS/c18-13-2-1-3-14(19)16(13)15(22)5-4-12-10-23-17(21-12)11-6-8-20-9-7-11/h1-5,10-11,20H,6-9H2/b5-4+. The maximum atomic E-state index is 13.6. The molecule has 1 N–H and O–H groups in total. The highest BCUT2D eigenvalue weighted by atomic mass is 32.1. The zero-order valence-electron chi connectivity index (χ0n) is 12.4. The Bertz CT molecular complexity index is 716. The first-order chi connectivity index (χ1) is 11.1. The number of allylic oxidation sites excluding steroid dienone is 1. The van der Waals surface area contributed by atoms with E-state index in [1.807, 2.05) is 5.38 Å². The number of carbonyl (C=O) groups excluding carboxylic acids is 1. The lowest BCUT2D eigenvalue weighted by molar-refractivity contribution is 0.104. The molecule has 0 amide bonds. The normalized spacial score (nSPS) is 16.1.